The van der Waals surface area contributed by atoms with Gasteiger partial charge in [-0.2, -0.15) is 0 Å². The van der Waals surface area contributed by atoms with Crippen molar-refractivity contribution in [1.29, 1.82) is 0 Å². The molecule has 0 fully saturated rings. The van der Waals surface area contributed by atoms with Crippen molar-refractivity contribution in [2.24, 2.45) is 0 Å². The molecule has 0 saturated carbocycles. The average Bonchev–Trinajstić information content (AvgIpc) is 1.27. The first-order valence-corrected chi connectivity index (χ1v) is 8.48. The standard InChI is InChI=1S/C4H14NSi2.K/c1-6(2)5-7(3)4;/h6-7H,1-4H3;/q-1;+1. The summed E-state index contributed by atoms with van der Waals surface area (Å²) >= 11 is 0. The summed E-state index contributed by atoms with van der Waals surface area (Å²) in [5, 5.41) is 0. The Kier molecular flexibility index (Phi) is 11.3. The van der Waals surface area contributed by atoms with E-state index in [1.165, 1.54) is 0 Å². The molecule has 0 unspecified atom stereocenters. The van der Waals surface area contributed by atoms with Crippen LogP contribution in [0.4, 0.5) is 0 Å². The van der Waals surface area contributed by atoms with E-state index in [1.54, 1.807) is 0 Å². The molecule has 0 N–H and O–H groups in total. The van der Waals surface area contributed by atoms with Gasteiger partial charge in [0.15, 0.2) is 0 Å². The molecule has 0 bridgehead atoms. The zero-order valence-electron chi connectivity index (χ0n) is 6.60. The van der Waals surface area contributed by atoms with E-state index in [1.807, 2.05) is 0 Å². The third-order valence-electron chi connectivity index (χ3n) is 0.596. The first kappa shape index (κ1) is 12.7. The van der Waals surface area contributed by atoms with E-state index in [9.17, 15) is 0 Å². The van der Waals surface area contributed by atoms with E-state index in [-0.39, 0.29) is 51.4 Å². The Morgan fingerprint density at radius 3 is 1.12 bits per heavy atom. The molecular weight excluding hydrogens is 157 g/mol. The van der Waals surface area contributed by atoms with Crippen LogP contribution in [0.2, 0.25) is 26.2 Å². The molecule has 0 heterocycles. The molecule has 0 rings (SSSR count). The van der Waals surface area contributed by atoms with Crippen molar-refractivity contribution in [3.05, 3.63) is 4.65 Å². The van der Waals surface area contributed by atoms with Gasteiger partial charge in [-0.25, -0.2) is 0 Å². The maximum atomic E-state index is 4.56. The molecule has 0 aliphatic rings. The predicted octanol–water partition coefficient (Wildman–Crippen LogP) is -1.67. The molecular formula is C4H14KNSi2. The van der Waals surface area contributed by atoms with Crippen molar-refractivity contribution in [1.82, 2.24) is 0 Å². The van der Waals surface area contributed by atoms with Gasteiger partial charge in [0.2, 0.25) is 0 Å². The Hall–Kier alpha value is 2.03. The van der Waals surface area contributed by atoms with Gasteiger partial charge in [-0.1, -0.05) is 44.1 Å². The van der Waals surface area contributed by atoms with Crippen molar-refractivity contribution < 1.29 is 51.4 Å². The largest absolute Gasteiger partial charge is 1.00 e. The summed E-state index contributed by atoms with van der Waals surface area (Å²) in [4.78, 5) is 0. The molecule has 0 aromatic heterocycles. The molecule has 4 heteroatoms. The number of hydrogen-bond donors (Lipinski definition) is 0. The Bertz CT molecular complexity index is 43.3. The molecule has 0 aliphatic carbocycles. The van der Waals surface area contributed by atoms with Crippen LogP contribution in [0.15, 0.2) is 0 Å². The monoisotopic (exact) mass is 171 g/mol. The minimum atomic E-state index is -0.542. The molecule has 0 saturated heterocycles. The molecule has 0 radical (unpaired) electrons. The van der Waals surface area contributed by atoms with Crippen molar-refractivity contribution in [3.8, 4) is 0 Å². The maximum absolute atomic E-state index is 4.56. The summed E-state index contributed by atoms with van der Waals surface area (Å²) in [5.41, 5.74) is 0. The van der Waals surface area contributed by atoms with E-state index in [0.29, 0.717) is 0 Å². The molecule has 0 aromatic rings. The molecule has 0 aliphatic heterocycles. The quantitative estimate of drug-likeness (QED) is 0.441. The van der Waals surface area contributed by atoms with E-state index in [0.717, 1.165) is 0 Å². The van der Waals surface area contributed by atoms with Gasteiger partial charge in [-0.3, -0.25) is 0 Å². The molecule has 0 atom stereocenters. The second kappa shape index (κ2) is 7.14. The zero-order valence-corrected chi connectivity index (χ0v) is 12.0. The second-order valence-electron chi connectivity index (χ2n) is 2.34. The van der Waals surface area contributed by atoms with E-state index in [4.69, 9.17) is 0 Å². The van der Waals surface area contributed by atoms with Crippen LogP contribution in [0.3, 0.4) is 0 Å². The fraction of sp³-hybridized carbons (Fsp3) is 1.00. The SMILES string of the molecule is C[SiH](C)[N-][SiH](C)C.[K+]. The molecule has 44 valence electrons. The van der Waals surface area contributed by atoms with Gasteiger partial charge < -0.3 is 4.65 Å². The minimum absolute atomic E-state index is 0. The Labute approximate surface area is 98.4 Å². The third kappa shape index (κ3) is 10.9. The van der Waals surface area contributed by atoms with Crippen molar-refractivity contribution in [3.63, 3.8) is 0 Å². The summed E-state index contributed by atoms with van der Waals surface area (Å²) < 4.78 is 4.56. The molecule has 1 nitrogen and oxygen atoms in total. The zero-order chi connectivity index (χ0) is 5.86. The Morgan fingerprint density at radius 2 is 1.12 bits per heavy atom. The van der Waals surface area contributed by atoms with Gasteiger partial charge in [-0.15, -0.1) is 0 Å². The molecule has 0 amide bonds. The molecule has 0 spiro atoms. The fourth-order valence-electron chi connectivity index (χ4n) is 0.596. The van der Waals surface area contributed by atoms with Crippen molar-refractivity contribution in [2.75, 3.05) is 0 Å². The van der Waals surface area contributed by atoms with Gasteiger partial charge in [-0.05, 0) is 0 Å². The summed E-state index contributed by atoms with van der Waals surface area (Å²) in [6, 6.07) is 0. The minimum Gasteiger partial charge on any atom is -0.672 e. The van der Waals surface area contributed by atoms with Crippen LogP contribution in [0.5, 0.6) is 0 Å². The summed E-state index contributed by atoms with van der Waals surface area (Å²) in [5.74, 6) is 0. The smallest absolute Gasteiger partial charge is 0.672 e. The fourth-order valence-corrected chi connectivity index (χ4v) is 5.37. The predicted molar refractivity (Wildman–Crippen MR) is 41.1 cm³/mol. The van der Waals surface area contributed by atoms with Crippen LogP contribution >= 0.6 is 0 Å². The average molecular weight is 171 g/mol. The molecule has 8 heavy (non-hydrogen) atoms. The van der Waals surface area contributed by atoms with E-state index < -0.39 is 17.9 Å². The van der Waals surface area contributed by atoms with Crippen LogP contribution in [0, 0.1) is 0 Å². The maximum Gasteiger partial charge on any atom is 1.00 e. The van der Waals surface area contributed by atoms with Gasteiger partial charge in [0, 0.05) is 0 Å². The van der Waals surface area contributed by atoms with Gasteiger partial charge in [0.1, 0.15) is 0 Å². The topological polar surface area (TPSA) is 14.1 Å². The number of nitrogens with zero attached hydrogens (tertiary/aromatic N) is 1. The molecule has 0 aromatic carbocycles. The summed E-state index contributed by atoms with van der Waals surface area (Å²) in [7, 11) is -1.08. The normalized spacial score (nSPS) is 9.75. The Balaban J connectivity index is 0. The summed E-state index contributed by atoms with van der Waals surface area (Å²) in [6.07, 6.45) is 0. The first-order chi connectivity index (χ1) is 3.13. The van der Waals surface area contributed by atoms with E-state index >= 15 is 0 Å². The van der Waals surface area contributed by atoms with Crippen LogP contribution in [0.1, 0.15) is 0 Å². The number of rotatable bonds is 2. The van der Waals surface area contributed by atoms with Gasteiger partial charge in [0.25, 0.3) is 0 Å². The van der Waals surface area contributed by atoms with Gasteiger partial charge in [0.05, 0.1) is 0 Å². The van der Waals surface area contributed by atoms with Crippen molar-refractivity contribution >= 4 is 17.9 Å². The number of hydrogen-bond acceptors (Lipinski definition) is 0. The van der Waals surface area contributed by atoms with E-state index in [2.05, 4.69) is 30.8 Å². The third-order valence-corrected chi connectivity index (χ3v) is 5.37. The second-order valence-corrected chi connectivity index (χ2v) is 7.90. The van der Waals surface area contributed by atoms with Crippen molar-refractivity contribution in [2.45, 2.75) is 26.2 Å². The van der Waals surface area contributed by atoms with Crippen LogP contribution in [-0.2, 0) is 0 Å². The first-order valence-electron chi connectivity index (χ1n) is 2.83. The summed E-state index contributed by atoms with van der Waals surface area (Å²) in [6.45, 7) is 9.08. The van der Waals surface area contributed by atoms with Gasteiger partial charge >= 0.3 is 51.4 Å². The van der Waals surface area contributed by atoms with Crippen LogP contribution < -0.4 is 51.4 Å². The van der Waals surface area contributed by atoms with Crippen LogP contribution in [0.25, 0.3) is 4.65 Å². The van der Waals surface area contributed by atoms with Crippen LogP contribution in [-0.4, -0.2) is 17.9 Å². The Morgan fingerprint density at radius 1 is 0.875 bits per heavy atom.